The van der Waals surface area contributed by atoms with Crippen molar-refractivity contribution < 1.29 is 14.7 Å². The summed E-state index contributed by atoms with van der Waals surface area (Å²) in [6.45, 7) is 5.44. The maximum absolute atomic E-state index is 13.4. The first-order valence-corrected chi connectivity index (χ1v) is 9.55. The highest BCUT2D eigenvalue weighted by Gasteiger charge is 2.33. The first-order chi connectivity index (χ1) is 13.8. The first kappa shape index (κ1) is 18.9. The largest absolute Gasteiger partial charge is 0.465 e. The van der Waals surface area contributed by atoms with Crippen LogP contribution in [0.5, 0.6) is 0 Å². The molecule has 0 saturated carbocycles. The van der Waals surface area contributed by atoms with Gasteiger partial charge in [0.25, 0.3) is 0 Å². The number of hydrogen-bond donors (Lipinski definition) is 1. The van der Waals surface area contributed by atoms with Gasteiger partial charge in [-0.05, 0) is 38.5 Å². The number of benzene rings is 2. The van der Waals surface area contributed by atoms with Crippen molar-refractivity contribution in [2.75, 3.05) is 4.90 Å². The molecule has 0 spiro atoms. The first-order valence-electron chi connectivity index (χ1n) is 9.55. The van der Waals surface area contributed by atoms with Gasteiger partial charge < -0.3 is 9.67 Å². The van der Waals surface area contributed by atoms with E-state index in [9.17, 15) is 14.7 Å². The third-order valence-corrected chi connectivity index (χ3v) is 5.28. The van der Waals surface area contributed by atoms with Crippen LogP contribution in [-0.4, -0.2) is 32.1 Å². The number of nitrogens with zero attached hydrogens (tertiary/aromatic N) is 3. The Balaban J connectivity index is 1.72. The number of carboxylic acid groups (broad SMARTS) is 1. The average molecular weight is 389 g/mol. The molecule has 1 aliphatic heterocycles. The van der Waals surface area contributed by atoms with Gasteiger partial charge in [-0.3, -0.25) is 9.69 Å². The van der Waals surface area contributed by atoms with E-state index >= 15 is 0 Å². The molecule has 0 fully saturated rings. The zero-order valence-corrected chi connectivity index (χ0v) is 16.7. The number of rotatable bonds is 4. The third kappa shape index (κ3) is 3.20. The summed E-state index contributed by atoms with van der Waals surface area (Å²) >= 11 is 0. The van der Waals surface area contributed by atoms with Gasteiger partial charge in [0, 0.05) is 23.1 Å². The minimum absolute atomic E-state index is 0.0996. The van der Waals surface area contributed by atoms with Crippen LogP contribution in [0.15, 0.2) is 61.1 Å². The van der Waals surface area contributed by atoms with Gasteiger partial charge in [-0.15, -0.1) is 0 Å². The van der Waals surface area contributed by atoms with Gasteiger partial charge in [0.2, 0.25) is 0 Å². The molecule has 2 heterocycles. The highest BCUT2D eigenvalue weighted by atomic mass is 16.4. The Morgan fingerprint density at radius 2 is 1.79 bits per heavy atom. The van der Waals surface area contributed by atoms with Crippen LogP contribution in [0.3, 0.4) is 0 Å². The van der Waals surface area contributed by atoms with Crippen molar-refractivity contribution in [1.82, 2.24) is 9.55 Å². The van der Waals surface area contributed by atoms with E-state index in [1.54, 1.807) is 30.6 Å². The standard InChI is InChI=1S/C23H23N3O3/c1-23(2,3)26(22(28)29)18-11-7-6-10-17(18)21(27)12-19-15-8-4-5-9-16(15)20-13-24-14-25(19)20/h4-11,13-14,19H,12H2,1-3H3,(H,28,29). The van der Waals surface area contributed by atoms with Gasteiger partial charge in [-0.2, -0.15) is 0 Å². The van der Waals surface area contributed by atoms with E-state index in [0.717, 1.165) is 16.8 Å². The molecule has 4 rings (SSSR count). The van der Waals surface area contributed by atoms with E-state index in [1.807, 2.05) is 55.8 Å². The maximum Gasteiger partial charge on any atom is 0.412 e. The van der Waals surface area contributed by atoms with Crippen LogP contribution in [0.4, 0.5) is 10.5 Å². The summed E-state index contributed by atoms with van der Waals surface area (Å²) in [5.74, 6) is -0.0996. The molecule has 0 radical (unpaired) electrons. The summed E-state index contributed by atoms with van der Waals surface area (Å²) in [6, 6.07) is 14.8. The summed E-state index contributed by atoms with van der Waals surface area (Å²) in [5, 5.41) is 9.79. The normalized spacial score (nSPS) is 14.9. The van der Waals surface area contributed by atoms with Gasteiger partial charge in [-0.1, -0.05) is 36.4 Å². The predicted molar refractivity (Wildman–Crippen MR) is 111 cm³/mol. The van der Waals surface area contributed by atoms with Crippen molar-refractivity contribution >= 4 is 17.6 Å². The van der Waals surface area contributed by atoms with Crippen molar-refractivity contribution in [2.45, 2.75) is 38.8 Å². The minimum atomic E-state index is -1.08. The number of hydrogen-bond acceptors (Lipinski definition) is 3. The summed E-state index contributed by atoms with van der Waals surface area (Å²) < 4.78 is 2.02. The number of imidazole rings is 1. The molecule has 6 heteroatoms. The Hall–Kier alpha value is -3.41. The highest BCUT2D eigenvalue weighted by Crippen LogP contribution is 2.41. The van der Waals surface area contributed by atoms with Gasteiger partial charge >= 0.3 is 6.09 Å². The minimum Gasteiger partial charge on any atom is -0.465 e. The highest BCUT2D eigenvalue weighted by molar-refractivity contribution is 6.05. The van der Waals surface area contributed by atoms with Crippen molar-refractivity contribution in [3.63, 3.8) is 0 Å². The Labute approximate surface area is 169 Å². The third-order valence-electron chi connectivity index (χ3n) is 5.28. The monoisotopic (exact) mass is 389 g/mol. The Kier molecular flexibility index (Phi) is 4.49. The quantitative estimate of drug-likeness (QED) is 0.637. The van der Waals surface area contributed by atoms with Crippen LogP contribution in [0, 0.1) is 0 Å². The zero-order chi connectivity index (χ0) is 20.8. The lowest BCUT2D eigenvalue weighted by Gasteiger charge is -2.34. The van der Waals surface area contributed by atoms with E-state index in [-0.39, 0.29) is 18.2 Å². The molecule has 29 heavy (non-hydrogen) atoms. The number of ketones is 1. The van der Waals surface area contributed by atoms with Crippen LogP contribution < -0.4 is 4.90 Å². The van der Waals surface area contributed by atoms with Crippen LogP contribution in [-0.2, 0) is 0 Å². The molecule has 148 valence electrons. The molecule has 0 saturated heterocycles. The van der Waals surface area contributed by atoms with E-state index in [2.05, 4.69) is 4.98 Å². The number of carbonyl (C=O) groups is 2. The topological polar surface area (TPSA) is 75.4 Å². The SMILES string of the molecule is CC(C)(C)N(C(=O)O)c1ccccc1C(=O)CC1c2ccccc2-c2cncn21. The van der Waals surface area contributed by atoms with E-state index in [0.29, 0.717) is 11.3 Å². The van der Waals surface area contributed by atoms with Crippen molar-refractivity contribution in [3.05, 3.63) is 72.2 Å². The molecule has 3 aromatic rings. The molecule has 0 bridgehead atoms. The van der Waals surface area contributed by atoms with Crippen molar-refractivity contribution in [3.8, 4) is 11.3 Å². The van der Waals surface area contributed by atoms with Crippen LogP contribution >= 0.6 is 0 Å². The van der Waals surface area contributed by atoms with Crippen molar-refractivity contribution in [2.24, 2.45) is 0 Å². The van der Waals surface area contributed by atoms with Gasteiger partial charge in [0.05, 0.1) is 29.9 Å². The van der Waals surface area contributed by atoms with E-state index in [4.69, 9.17) is 0 Å². The fourth-order valence-electron chi connectivity index (χ4n) is 4.08. The van der Waals surface area contributed by atoms with E-state index in [1.165, 1.54) is 4.90 Å². The lowest BCUT2D eigenvalue weighted by molar-refractivity contribution is 0.0971. The Morgan fingerprint density at radius 1 is 1.10 bits per heavy atom. The molecule has 1 unspecified atom stereocenters. The summed E-state index contributed by atoms with van der Waals surface area (Å²) in [6.07, 6.45) is 2.71. The number of amides is 1. The smallest absolute Gasteiger partial charge is 0.412 e. The Morgan fingerprint density at radius 3 is 2.52 bits per heavy atom. The molecule has 6 nitrogen and oxygen atoms in total. The average Bonchev–Trinajstić information content (AvgIpc) is 3.24. The van der Waals surface area contributed by atoms with Crippen molar-refractivity contribution in [1.29, 1.82) is 0 Å². The molecule has 1 amide bonds. The number of fused-ring (bicyclic) bond motifs is 3. The summed E-state index contributed by atoms with van der Waals surface area (Å²) in [7, 11) is 0. The number of Topliss-reactive ketones (excluding diaryl/α,β-unsaturated/α-hetero) is 1. The second-order valence-corrected chi connectivity index (χ2v) is 8.22. The van der Waals surface area contributed by atoms with Crippen LogP contribution in [0.1, 0.15) is 49.2 Å². The van der Waals surface area contributed by atoms with Gasteiger partial charge in [-0.25, -0.2) is 9.78 Å². The van der Waals surface area contributed by atoms with E-state index < -0.39 is 11.6 Å². The molecule has 1 aliphatic rings. The number of anilines is 1. The number of para-hydroxylation sites is 1. The fraction of sp³-hybridized carbons (Fsp3) is 0.261. The molecular weight excluding hydrogens is 366 g/mol. The molecular formula is C23H23N3O3. The molecule has 1 atom stereocenters. The fourth-order valence-corrected chi connectivity index (χ4v) is 4.08. The lowest BCUT2D eigenvalue weighted by Crippen LogP contribution is -2.45. The zero-order valence-electron chi connectivity index (χ0n) is 16.7. The second kappa shape index (κ2) is 6.88. The van der Waals surface area contributed by atoms with Crippen LogP contribution in [0.25, 0.3) is 11.3 Å². The van der Waals surface area contributed by atoms with Gasteiger partial charge in [0.1, 0.15) is 0 Å². The summed E-state index contributed by atoms with van der Waals surface area (Å²) in [5.41, 5.74) is 3.30. The predicted octanol–water partition coefficient (Wildman–Crippen LogP) is 5.01. The Bertz CT molecular complexity index is 1090. The van der Waals surface area contributed by atoms with Gasteiger partial charge in [0.15, 0.2) is 5.78 Å². The molecule has 0 aliphatic carbocycles. The summed E-state index contributed by atoms with van der Waals surface area (Å²) in [4.78, 5) is 30.8. The molecule has 2 aromatic carbocycles. The molecule has 1 aromatic heterocycles. The molecule has 1 N–H and O–H groups in total. The van der Waals surface area contributed by atoms with Crippen LogP contribution in [0.2, 0.25) is 0 Å². The number of carbonyl (C=O) groups excluding carboxylic acids is 1. The lowest BCUT2D eigenvalue weighted by atomic mass is 9.95. The maximum atomic E-state index is 13.4. The number of aromatic nitrogens is 2. The second-order valence-electron chi connectivity index (χ2n) is 8.22.